The highest BCUT2D eigenvalue weighted by atomic mass is 16.6. The maximum absolute atomic E-state index is 13.1. The van der Waals surface area contributed by atoms with Gasteiger partial charge in [-0.15, -0.1) is 0 Å². The number of nitro groups is 1. The number of amides is 3. The molecule has 7 heteroatoms. The number of hydrogen-bond donors (Lipinski definition) is 1. The summed E-state index contributed by atoms with van der Waals surface area (Å²) in [5.41, 5.74) is 2.98. The number of carbonyl (C=O) groups excluding carboxylic acids is 2. The molecule has 7 nitrogen and oxygen atoms in total. The maximum atomic E-state index is 13.1. The van der Waals surface area contributed by atoms with Crippen LogP contribution in [0.3, 0.4) is 0 Å². The van der Waals surface area contributed by atoms with Crippen molar-refractivity contribution < 1.29 is 14.5 Å². The van der Waals surface area contributed by atoms with Crippen LogP contribution in [0.25, 0.3) is 0 Å². The predicted molar refractivity (Wildman–Crippen MR) is 100 cm³/mol. The van der Waals surface area contributed by atoms with E-state index in [1.165, 1.54) is 23.1 Å². The van der Waals surface area contributed by atoms with Crippen molar-refractivity contribution in [2.45, 2.75) is 39.8 Å². The lowest BCUT2D eigenvalue weighted by Crippen LogP contribution is -2.40. The van der Waals surface area contributed by atoms with Crippen molar-refractivity contribution in [2.24, 2.45) is 0 Å². The Balaban J connectivity index is 1.96. The van der Waals surface area contributed by atoms with E-state index in [0.717, 1.165) is 22.3 Å². The molecule has 1 N–H and O–H groups in total. The molecule has 1 aliphatic heterocycles. The number of rotatable bonds is 4. The summed E-state index contributed by atoms with van der Waals surface area (Å²) in [6, 6.07) is 9.32. The van der Waals surface area contributed by atoms with E-state index in [9.17, 15) is 19.7 Å². The summed E-state index contributed by atoms with van der Waals surface area (Å²) in [5.74, 6) is -0.424. The third kappa shape index (κ3) is 3.16. The van der Waals surface area contributed by atoms with E-state index in [1.54, 1.807) is 13.0 Å². The fourth-order valence-electron chi connectivity index (χ4n) is 3.58. The highest BCUT2D eigenvalue weighted by Crippen LogP contribution is 2.32. The number of urea groups is 1. The zero-order valence-electron chi connectivity index (χ0n) is 15.7. The van der Waals surface area contributed by atoms with Crippen LogP contribution in [0.4, 0.5) is 10.5 Å². The van der Waals surface area contributed by atoms with Gasteiger partial charge in [-0.25, -0.2) is 4.79 Å². The molecule has 1 atom stereocenters. The molecule has 0 saturated carbocycles. The lowest BCUT2D eigenvalue weighted by molar-refractivity contribution is -0.385. The molecule has 27 heavy (non-hydrogen) atoms. The van der Waals surface area contributed by atoms with Gasteiger partial charge < -0.3 is 5.32 Å². The van der Waals surface area contributed by atoms with E-state index in [0.29, 0.717) is 5.56 Å². The largest absolute Gasteiger partial charge is 0.325 e. The summed E-state index contributed by atoms with van der Waals surface area (Å²) in [4.78, 5) is 37.3. The Hall–Kier alpha value is -3.22. The van der Waals surface area contributed by atoms with Gasteiger partial charge in [-0.05, 0) is 49.9 Å². The van der Waals surface area contributed by atoms with Gasteiger partial charge in [-0.1, -0.05) is 29.8 Å². The van der Waals surface area contributed by atoms with Gasteiger partial charge in [0, 0.05) is 12.1 Å². The van der Waals surface area contributed by atoms with Gasteiger partial charge in [0.05, 0.1) is 11.5 Å². The molecule has 3 amide bonds. The zero-order chi connectivity index (χ0) is 19.9. The second-order valence-corrected chi connectivity index (χ2v) is 7.13. The van der Waals surface area contributed by atoms with Gasteiger partial charge in [0.25, 0.3) is 11.6 Å². The molecule has 0 aliphatic carbocycles. The molecule has 0 bridgehead atoms. The first-order valence-electron chi connectivity index (χ1n) is 8.59. The van der Waals surface area contributed by atoms with Gasteiger partial charge in [0.15, 0.2) is 0 Å². The smallest absolute Gasteiger partial charge is 0.319 e. The van der Waals surface area contributed by atoms with Crippen LogP contribution < -0.4 is 5.32 Å². The van der Waals surface area contributed by atoms with Crippen LogP contribution in [0.15, 0.2) is 36.4 Å². The van der Waals surface area contributed by atoms with Gasteiger partial charge >= 0.3 is 6.03 Å². The number of non-ortho nitro benzene ring substituents is 1. The topological polar surface area (TPSA) is 92.6 Å². The Morgan fingerprint density at radius 2 is 1.74 bits per heavy atom. The third-order valence-corrected chi connectivity index (χ3v) is 5.07. The van der Waals surface area contributed by atoms with E-state index in [4.69, 9.17) is 0 Å². The Morgan fingerprint density at radius 3 is 2.33 bits per heavy atom. The summed E-state index contributed by atoms with van der Waals surface area (Å²) in [6.07, 6.45) is 0. The summed E-state index contributed by atoms with van der Waals surface area (Å²) in [5, 5.41) is 13.7. The van der Waals surface area contributed by atoms with Gasteiger partial charge in [-0.2, -0.15) is 0 Å². The standard InChI is InChI=1S/C20H21N3O4/c1-12-8-13(2)17(14(3)9-12)11-22-18(24)20(4,21-19(22)25)15-6-5-7-16(10-15)23(26)27/h5-10H,11H2,1-4H3,(H,21,25). The Bertz CT molecular complexity index is 946. The van der Waals surface area contributed by atoms with Crippen molar-refractivity contribution in [1.29, 1.82) is 0 Å². The number of imide groups is 1. The summed E-state index contributed by atoms with van der Waals surface area (Å²) in [7, 11) is 0. The van der Waals surface area contributed by atoms with Crippen LogP contribution in [0.5, 0.6) is 0 Å². The number of nitrogens with one attached hydrogen (secondary N) is 1. The minimum absolute atomic E-state index is 0.126. The van der Waals surface area contributed by atoms with Crippen molar-refractivity contribution in [2.75, 3.05) is 0 Å². The number of benzene rings is 2. The van der Waals surface area contributed by atoms with Gasteiger partial charge in [0.1, 0.15) is 5.54 Å². The van der Waals surface area contributed by atoms with Crippen molar-refractivity contribution in [1.82, 2.24) is 10.2 Å². The Morgan fingerprint density at radius 1 is 1.11 bits per heavy atom. The van der Waals surface area contributed by atoms with E-state index in [-0.39, 0.29) is 12.2 Å². The lowest BCUT2D eigenvalue weighted by Gasteiger charge is -2.22. The average Bonchev–Trinajstić information content (AvgIpc) is 2.81. The highest BCUT2D eigenvalue weighted by molar-refractivity contribution is 6.07. The molecule has 1 aliphatic rings. The zero-order valence-corrected chi connectivity index (χ0v) is 15.7. The van der Waals surface area contributed by atoms with Crippen molar-refractivity contribution >= 4 is 17.6 Å². The van der Waals surface area contributed by atoms with Crippen molar-refractivity contribution in [3.63, 3.8) is 0 Å². The molecule has 0 radical (unpaired) electrons. The molecule has 140 valence electrons. The molecular formula is C20H21N3O4. The van der Waals surface area contributed by atoms with E-state index < -0.39 is 22.4 Å². The van der Waals surface area contributed by atoms with Crippen LogP contribution in [0, 0.1) is 30.9 Å². The predicted octanol–water partition coefficient (Wildman–Crippen LogP) is 3.49. The molecule has 2 aromatic carbocycles. The maximum Gasteiger partial charge on any atom is 0.325 e. The first-order chi connectivity index (χ1) is 12.6. The van der Waals surface area contributed by atoms with Crippen LogP contribution in [0.1, 0.15) is 34.7 Å². The minimum atomic E-state index is -1.34. The molecular weight excluding hydrogens is 346 g/mol. The first kappa shape index (κ1) is 18.6. The summed E-state index contributed by atoms with van der Waals surface area (Å²) < 4.78 is 0. The molecule has 0 spiro atoms. The SMILES string of the molecule is Cc1cc(C)c(CN2C(=O)NC(C)(c3cccc([N+](=O)[O-])c3)C2=O)c(C)c1. The molecule has 2 aromatic rings. The number of carbonyl (C=O) groups is 2. The second-order valence-electron chi connectivity index (χ2n) is 7.13. The number of nitrogens with zero attached hydrogens (tertiary/aromatic N) is 2. The Labute approximate surface area is 157 Å². The number of hydrogen-bond acceptors (Lipinski definition) is 4. The van der Waals surface area contributed by atoms with Gasteiger partial charge in [-0.3, -0.25) is 19.8 Å². The summed E-state index contributed by atoms with van der Waals surface area (Å²) in [6.45, 7) is 7.63. The normalized spacial score (nSPS) is 19.3. The fourth-order valence-corrected chi connectivity index (χ4v) is 3.58. The van der Waals surface area contributed by atoms with Crippen LogP contribution >= 0.6 is 0 Å². The van der Waals surface area contributed by atoms with Crippen LogP contribution in [0.2, 0.25) is 0 Å². The summed E-state index contributed by atoms with van der Waals surface area (Å²) >= 11 is 0. The molecule has 1 saturated heterocycles. The number of nitro benzene ring substituents is 1. The monoisotopic (exact) mass is 367 g/mol. The van der Waals surface area contributed by atoms with E-state index in [1.807, 2.05) is 32.9 Å². The van der Waals surface area contributed by atoms with Crippen LogP contribution in [-0.4, -0.2) is 21.8 Å². The fraction of sp³-hybridized carbons (Fsp3) is 0.300. The van der Waals surface area contributed by atoms with E-state index >= 15 is 0 Å². The van der Waals surface area contributed by atoms with Crippen molar-refractivity contribution in [3.8, 4) is 0 Å². The Kier molecular flexibility index (Phi) is 4.47. The molecule has 3 rings (SSSR count). The molecule has 0 aromatic heterocycles. The molecule has 1 unspecified atom stereocenters. The minimum Gasteiger partial charge on any atom is -0.319 e. The molecule has 1 fully saturated rings. The van der Waals surface area contributed by atoms with E-state index in [2.05, 4.69) is 5.32 Å². The second kappa shape index (κ2) is 6.50. The number of aryl methyl sites for hydroxylation is 3. The van der Waals surface area contributed by atoms with Crippen LogP contribution in [-0.2, 0) is 16.9 Å². The van der Waals surface area contributed by atoms with Gasteiger partial charge in [0.2, 0.25) is 0 Å². The van der Waals surface area contributed by atoms with Crippen molar-refractivity contribution in [3.05, 3.63) is 74.3 Å². The third-order valence-electron chi connectivity index (χ3n) is 5.07. The average molecular weight is 367 g/mol. The molecule has 1 heterocycles. The first-order valence-corrected chi connectivity index (χ1v) is 8.59. The highest BCUT2D eigenvalue weighted by Gasteiger charge is 2.49. The quantitative estimate of drug-likeness (QED) is 0.509. The lowest BCUT2D eigenvalue weighted by atomic mass is 9.91.